The summed E-state index contributed by atoms with van der Waals surface area (Å²) in [6.07, 6.45) is 0.207. The minimum Gasteiger partial charge on any atom is -0.392 e. The quantitative estimate of drug-likeness (QED) is 0.417. The average Bonchev–Trinajstić information content (AvgIpc) is 3.04. The Morgan fingerprint density at radius 3 is 2.48 bits per heavy atom. The first kappa shape index (κ1) is 19.4. The van der Waals surface area contributed by atoms with E-state index in [0.29, 0.717) is 25.8 Å². The van der Waals surface area contributed by atoms with Gasteiger partial charge in [-0.15, -0.1) is 0 Å². The molecular formula is C22H35NO6. The van der Waals surface area contributed by atoms with E-state index in [1.807, 2.05) is 0 Å². The van der Waals surface area contributed by atoms with E-state index in [0.717, 1.165) is 13.0 Å². The topological polar surface area (TPSA) is 114 Å². The summed E-state index contributed by atoms with van der Waals surface area (Å²) >= 11 is 0. The van der Waals surface area contributed by atoms with Crippen molar-refractivity contribution < 1.29 is 30.3 Å². The molecule has 6 rings (SSSR count). The molecule has 0 aromatic rings. The van der Waals surface area contributed by atoms with E-state index in [9.17, 15) is 25.5 Å². The van der Waals surface area contributed by atoms with Crippen LogP contribution in [-0.2, 0) is 4.74 Å². The molecule has 1 heterocycles. The number of piperidine rings is 1. The fourth-order valence-corrected chi connectivity index (χ4v) is 10.1. The number of fused-ring (bicyclic) bond motifs is 2. The van der Waals surface area contributed by atoms with Gasteiger partial charge in [-0.1, -0.05) is 13.8 Å². The summed E-state index contributed by atoms with van der Waals surface area (Å²) in [6, 6.07) is -0.426. The molecule has 7 nitrogen and oxygen atoms in total. The van der Waals surface area contributed by atoms with E-state index in [-0.39, 0.29) is 23.7 Å². The number of aliphatic hydroxyl groups excluding tert-OH is 2. The van der Waals surface area contributed by atoms with Crippen LogP contribution in [0, 0.1) is 28.6 Å². The maximum atomic E-state index is 12.3. The molecule has 0 aromatic carbocycles. The van der Waals surface area contributed by atoms with Gasteiger partial charge in [-0.25, -0.2) is 0 Å². The molecule has 29 heavy (non-hydrogen) atoms. The molecule has 1 unspecified atom stereocenters. The molecule has 0 amide bonds. The van der Waals surface area contributed by atoms with Crippen molar-refractivity contribution in [2.24, 2.45) is 28.6 Å². The van der Waals surface area contributed by atoms with Crippen molar-refractivity contribution in [3.63, 3.8) is 0 Å². The summed E-state index contributed by atoms with van der Waals surface area (Å²) in [5.74, 6) is -0.766. The zero-order valence-corrected chi connectivity index (χ0v) is 17.6. The van der Waals surface area contributed by atoms with Gasteiger partial charge in [-0.05, 0) is 43.6 Å². The normalized spacial score (nSPS) is 67.7. The van der Waals surface area contributed by atoms with Crippen molar-refractivity contribution in [3.05, 3.63) is 0 Å². The van der Waals surface area contributed by atoms with Crippen molar-refractivity contribution in [1.82, 2.24) is 4.90 Å². The Hall–Kier alpha value is -0.280. The lowest BCUT2D eigenvalue weighted by molar-refractivity contribution is -0.364. The van der Waals surface area contributed by atoms with Crippen molar-refractivity contribution in [1.29, 1.82) is 0 Å². The number of nitrogens with zero attached hydrogens (tertiary/aromatic N) is 1. The summed E-state index contributed by atoms with van der Waals surface area (Å²) in [7, 11) is 1.57. The van der Waals surface area contributed by atoms with Crippen LogP contribution in [0.4, 0.5) is 0 Å². The van der Waals surface area contributed by atoms with Gasteiger partial charge in [-0.3, -0.25) is 4.90 Å². The minimum atomic E-state index is -1.87. The highest BCUT2D eigenvalue weighted by Gasteiger charge is 2.91. The largest absolute Gasteiger partial charge is 0.392 e. The monoisotopic (exact) mass is 409 g/mol. The van der Waals surface area contributed by atoms with Crippen LogP contribution >= 0.6 is 0 Å². The number of rotatable bonds is 2. The van der Waals surface area contributed by atoms with Crippen molar-refractivity contribution in [2.45, 2.75) is 87.1 Å². The van der Waals surface area contributed by atoms with Crippen LogP contribution in [0.3, 0.4) is 0 Å². The first-order chi connectivity index (χ1) is 13.6. The van der Waals surface area contributed by atoms with Crippen LogP contribution in [0.1, 0.15) is 46.0 Å². The van der Waals surface area contributed by atoms with Gasteiger partial charge in [0.15, 0.2) is 0 Å². The Labute approximate surface area is 171 Å². The molecule has 0 radical (unpaired) electrons. The number of hydrogen-bond donors (Lipinski definition) is 5. The summed E-state index contributed by atoms with van der Waals surface area (Å²) in [5, 5.41) is 59.4. The van der Waals surface area contributed by atoms with E-state index < -0.39 is 52.5 Å². The average molecular weight is 410 g/mol. The van der Waals surface area contributed by atoms with Gasteiger partial charge < -0.3 is 30.3 Å². The number of methoxy groups -OCH3 is 1. The van der Waals surface area contributed by atoms with Crippen LogP contribution in [0.5, 0.6) is 0 Å². The first-order valence-corrected chi connectivity index (χ1v) is 11.4. The molecule has 0 aromatic heterocycles. The molecule has 5 saturated carbocycles. The van der Waals surface area contributed by atoms with Crippen LogP contribution in [0.2, 0.25) is 0 Å². The second kappa shape index (κ2) is 5.20. The van der Waals surface area contributed by atoms with Gasteiger partial charge in [0, 0.05) is 37.3 Å². The Bertz CT molecular complexity index is 766. The molecule has 5 aliphatic carbocycles. The minimum absolute atomic E-state index is 0.00662. The summed E-state index contributed by atoms with van der Waals surface area (Å²) in [5.41, 5.74) is -6.12. The highest BCUT2D eigenvalue weighted by atomic mass is 16.5. The standard InChI is InChI=1S/C22H35NO6/c1-4-23-10-18(2)6-5-15(24)21-13-7-11-12(29-3)8-20(27,22(13,28)16(11)25)19(26,17(21)23)9-14(18)21/h11-17,24-28H,4-10H2,1-3H3/t11-,12+,13+,14-,15+,16+,17-,18+,19-,20+,21?,22+/m1/s1. The SMILES string of the molecule is CCN1C[C@]2(C)CC[C@H](O)C34[C@@H]2C[C@@](O)([C@@H]13)[C@@]1(O)C[C@H](OC)[C@H]2C[C@@H]4[C@]1(O)[C@H]2O. The third-order valence-electron chi connectivity index (χ3n) is 10.9. The second-order valence-corrected chi connectivity index (χ2v) is 11.4. The van der Waals surface area contributed by atoms with Crippen LogP contribution in [0.15, 0.2) is 0 Å². The van der Waals surface area contributed by atoms with Gasteiger partial charge in [0.05, 0.1) is 24.4 Å². The van der Waals surface area contributed by atoms with Gasteiger partial charge in [-0.2, -0.15) is 0 Å². The summed E-state index contributed by atoms with van der Waals surface area (Å²) in [4.78, 5) is 2.25. The number of aliphatic hydroxyl groups is 5. The zero-order valence-electron chi connectivity index (χ0n) is 17.6. The van der Waals surface area contributed by atoms with Crippen LogP contribution < -0.4 is 0 Å². The molecule has 7 heteroatoms. The predicted octanol–water partition coefficient (Wildman–Crippen LogP) is -0.520. The molecule has 7 bridgehead atoms. The van der Waals surface area contributed by atoms with Gasteiger partial charge >= 0.3 is 0 Å². The summed E-state index contributed by atoms with van der Waals surface area (Å²) in [6.45, 7) is 5.86. The number of hydrogen-bond acceptors (Lipinski definition) is 7. The second-order valence-electron chi connectivity index (χ2n) is 11.4. The lowest BCUT2D eigenvalue weighted by Crippen LogP contribution is -2.87. The highest BCUT2D eigenvalue weighted by molar-refractivity contribution is 5.42. The van der Waals surface area contributed by atoms with E-state index in [1.165, 1.54) is 0 Å². The fourth-order valence-electron chi connectivity index (χ4n) is 10.1. The predicted molar refractivity (Wildman–Crippen MR) is 103 cm³/mol. The maximum Gasteiger partial charge on any atom is 0.129 e. The molecule has 6 aliphatic rings. The Morgan fingerprint density at radius 2 is 1.83 bits per heavy atom. The third-order valence-corrected chi connectivity index (χ3v) is 10.9. The fraction of sp³-hybridized carbons (Fsp3) is 1.00. The van der Waals surface area contributed by atoms with Crippen molar-refractivity contribution >= 4 is 0 Å². The molecule has 1 aliphatic heterocycles. The third kappa shape index (κ3) is 1.61. The van der Waals surface area contributed by atoms with Gasteiger partial charge in [0.25, 0.3) is 0 Å². The van der Waals surface area contributed by atoms with Gasteiger partial charge in [0.2, 0.25) is 0 Å². The van der Waals surface area contributed by atoms with Crippen molar-refractivity contribution in [3.8, 4) is 0 Å². The zero-order chi connectivity index (χ0) is 20.8. The van der Waals surface area contributed by atoms with E-state index >= 15 is 0 Å². The first-order valence-electron chi connectivity index (χ1n) is 11.4. The lowest BCUT2D eigenvalue weighted by atomic mass is 9.41. The van der Waals surface area contributed by atoms with Crippen LogP contribution in [-0.4, -0.2) is 91.8 Å². The van der Waals surface area contributed by atoms with Crippen molar-refractivity contribution in [2.75, 3.05) is 20.2 Å². The highest BCUT2D eigenvalue weighted by Crippen LogP contribution is 2.80. The van der Waals surface area contributed by atoms with Gasteiger partial charge in [0.1, 0.15) is 16.8 Å². The molecule has 5 N–H and O–H groups in total. The smallest absolute Gasteiger partial charge is 0.129 e. The molecule has 164 valence electrons. The number of likely N-dealkylation sites (N-methyl/N-ethyl adjacent to an activating group) is 1. The number of ether oxygens (including phenoxy) is 1. The Balaban J connectivity index is 1.67. The molecule has 6 fully saturated rings. The maximum absolute atomic E-state index is 12.3. The Morgan fingerprint density at radius 1 is 1.10 bits per heavy atom. The molecule has 12 atom stereocenters. The van der Waals surface area contributed by atoms with E-state index in [1.54, 1.807) is 7.11 Å². The lowest BCUT2D eigenvalue weighted by Gasteiger charge is -2.71. The summed E-state index contributed by atoms with van der Waals surface area (Å²) < 4.78 is 5.66. The van der Waals surface area contributed by atoms with E-state index in [2.05, 4.69) is 18.7 Å². The molecular weight excluding hydrogens is 374 g/mol. The molecule has 1 spiro atoms. The molecule has 1 saturated heterocycles. The Kier molecular flexibility index (Phi) is 3.48. The van der Waals surface area contributed by atoms with Crippen LogP contribution in [0.25, 0.3) is 0 Å². The number of likely N-dealkylation sites (tertiary alicyclic amines) is 1. The van der Waals surface area contributed by atoms with E-state index in [4.69, 9.17) is 4.74 Å².